The van der Waals surface area contributed by atoms with Crippen molar-refractivity contribution in [2.75, 3.05) is 7.11 Å². The van der Waals surface area contributed by atoms with E-state index in [4.69, 9.17) is 12.6 Å². The third kappa shape index (κ3) is 2.56. The number of benzene rings is 2. The average molecular weight is 222 g/mol. The van der Waals surface area contributed by atoms with Crippen molar-refractivity contribution >= 4 is 19.1 Å². The van der Waals surface area contributed by atoms with Gasteiger partial charge >= 0.3 is 0 Å². The fourth-order valence-corrected chi connectivity index (χ4v) is 1.54. The molecule has 0 aromatic heterocycles. The number of hydrogen-bond acceptors (Lipinski definition) is 2. The van der Waals surface area contributed by atoms with Gasteiger partial charge in [-0.3, -0.25) is 4.79 Å². The van der Waals surface area contributed by atoms with E-state index < -0.39 is 0 Å². The fraction of sp³-hybridized carbons (Fsp3) is 0.0714. The predicted octanol–water partition coefficient (Wildman–Crippen LogP) is 1.72. The van der Waals surface area contributed by atoms with Gasteiger partial charge in [0.25, 0.3) is 0 Å². The summed E-state index contributed by atoms with van der Waals surface area (Å²) in [7, 11) is 7.17. The molecule has 2 aromatic carbocycles. The zero-order chi connectivity index (χ0) is 12.3. The normalized spacial score (nSPS) is 9.94. The Morgan fingerprint density at radius 2 is 1.41 bits per heavy atom. The fourth-order valence-electron chi connectivity index (χ4n) is 1.54. The largest absolute Gasteiger partial charge is 0.497 e. The lowest BCUT2D eigenvalue weighted by Gasteiger charge is -2.03. The maximum Gasteiger partial charge on any atom is 0.193 e. The predicted molar refractivity (Wildman–Crippen MR) is 68.3 cm³/mol. The topological polar surface area (TPSA) is 26.3 Å². The minimum absolute atomic E-state index is 0.0207. The molecular weight excluding hydrogens is 211 g/mol. The average Bonchev–Trinajstić information content (AvgIpc) is 2.39. The van der Waals surface area contributed by atoms with Gasteiger partial charge in [-0.25, -0.2) is 0 Å². The monoisotopic (exact) mass is 222 g/mol. The quantitative estimate of drug-likeness (QED) is 0.583. The number of carbonyl (C=O) groups is 1. The van der Waals surface area contributed by atoms with E-state index in [0.29, 0.717) is 16.6 Å². The SMILES string of the molecule is [B]c1ccc(C(=O)c2ccc(OC)cc2)cc1. The number of ketones is 1. The molecule has 2 nitrogen and oxygen atoms in total. The van der Waals surface area contributed by atoms with Crippen molar-refractivity contribution in [3.05, 3.63) is 59.7 Å². The van der Waals surface area contributed by atoms with Crippen LogP contribution in [0.25, 0.3) is 0 Å². The van der Waals surface area contributed by atoms with Gasteiger partial charge in [-0.15, -0.1) is 0 Å². The second kappa shape index (κ2) is 4.87. The zero-order valence-corrected chi connectivity index (χ0v) is 9.51. The first-order valence-electron chi connectivity index (χ1n) is 5.25. The van der Waals surface area contributed by atoms with E-state index in [9.17, 15) is 4.79 Å². The van der Waals surface area contributed by atoms with Crippen molar-refractivity contribution < 1.29 is 9.53 Å². The summed E-state index contributed by atoms with van der Waals surface area (Å²) in [6, 6.07) is 13.9. The third-order valence-electron chi connectivity index (χ3n) is 2.53. The summed E-state index contributed by atoms with van der Waals surface area (Å²) in [5.74, 6) is 0.714. The number of hydrogen-bond donors (Lipinski definition) is 0. The smallest absolute Gasteiger partial charge is 0.193 e. The van der Waals surface area contributed by atoms with E-state index in [-0.39, 0.29) is 5.78 Å². The standard InChI is InChI=1S/C14H11BO2/c1-17-13-8-4-11(5-9-13)14(16)10-2-6-12(15)7-3-10/h2-9H,1H3. The summed E-state index contributed by atoms with van der Waals surface area (Å²) in [6.45, 7) is 0. The Labute approximate surface area is 102 Å². The molecule has 0 atom stereocenters. The molecule has 0 saturated heterocycles. The van der Waals surface area contributed by atoms with Gasteiger partial charge in [0.05, 0.1) is 7.11 Å². The molecule has 0 saturated carbocycles. The van der Waals surface area contributed by atoms with Gasteiger partial charge in [-0.05, 0) is 24.3 Å². The van der Waals surface area contributed by atoms with Gasteiger partial charge in [-0.2, -0.15) is 0 Å². The highest BCUT2D eigenvalue weighted by Crippen LogP contribution is 2.14. The summed E-state index contributed by atoms with van der Waals surface area (Å²) < 4.78 is 5.04. The van der Waals surface area contributed by atoms with Crippen molar-refractivity contribution in [3.8, 4) is 5.75 Å². The molecule has 0 heterocycles. The molecule has 0 bridgehead atoms. The highest BCUT2D eigenvalue weighted by molar-refractivity contribution is 6.32. The van der Waals surface area contributed by atoms with Crippen molar-refractivity contribution in [1.29, 1.82) is 0 Å². The Morgan fingerprint density at radius 1 is 0.941 bits per heavy atom. The number of methoxy groups -OCH3 is 1. The molecule has 0 N–H and O–H groups in total. The lowest BCUT2D eigenvalue weighted by atomic mass is 9.93. The first-order valence-corrected chi connectivity index (χ1v) is 5.25. The Hall–Kier alpha value is -2.03. The van der Waals surface area contributed by atoms with Crippen LogP contribution in [-0.2, 0) is 0 Å². The highest BCUT2D eigenvalue weighted by atomic mass is 16.5. The maximum atomic E-state index is 12.1. The van der Waals surface area contributed by atoms with Crippen LogP contribution in [0, 0.1) is 0 Å². The molecule has 82 valence electrons. The molecule has 0 aliphatic carbocycles. The van der Waals surface area contributed by atoms with Gasteiger partial charge in [0.2, 0.25) is 0 Å². The molecule has 0 aliphatic rings. The van der Waals surface area contributed by atoms with Crippen LogP contribution in [0.1, 0.15) is 15.9 Å². The van der Waals surface area contributed by atoms with Crippen LogP contribution in [0.2, 0.25) is 0 Å². The lowest BCUT2D eigenvalue weighted by molar-refractivity contribution is 0.103. The number of rotatable bonds is 3. The van der Waals surface area contributed by atoms with Crippen LogP contribution < -0.4 is 10.2 Å². The minimum Gasteiger partial charge on any atom is -0.497 e. The zero-order valence-electron chi connectivity index (χ0n) is 9.51. The molecule has 0 fully saturated rings. The molecular formula is C14H11BO2. The van der Waals surface area contributed by atoms with E-state index in [0.717, 1.165) is 5.75 Å². The Balaban J connectivity index is 2.27. The van der Waals surface area contributed by atoms with Gasteiger partial charge in [0.15, 0.2) is 5.78 Å². The van der Waals surface area contributed by atoms with Gasteiger partial charge < -0.3 is 4.74 Å². The van der Waals surface area contributed by atoms with Gasteiger partial charge in [-0.1, -0.05) is 29.7 Å². The number of ether oxygens (including phenoxy) is 1. The molecule has 2 radical (unpaired) electrons. The molecule has 0 spiro atoms. The molecule has 2 aromatic rings. The van der Waals surface area contributed by atoms with E-state index in [1.54, 1.807) is 55.6 Å². The van der Waals surface area contributed by atoms with Crippen molar-refractivity contribution in [2.24, 2.45) is 0 Å². The van der Waals surface area contributed by atoms with E-state index in [2.05, 4.69) is 0 Å². The van der Waals surface area contributed by atoms with E-state index in [1.165, 1.54) is 0 Å². The number of carbonyl (C=O) groups excluding carboxylic acids is 1. The van der Waals surface area contributed by atoms with Crippen molar-refractivity contribution in [2.45, 2.75) is 0 Å². The maximum absolute atomic E-state index is 12.1. The van der Waals surface area contributed by atoms with Crippen molar-refractivity contribution in [1.82, 2.24) is 0 Å². The molecule has 0 amide bonds. The van der Waals surface area contributed by atoms with Crippen LogP contribution in [0.3, 0.4) is 0 Å². The van der Waals surface area contributed by atoms with Crippen LogP contribution in [0.4, 0.5) is 0 Å². The lowest BCUT2D eigenvalue weighted by Crippen LogP contribution is -2.05. The summed E-state index contributed by atoms with van der Waals surface area (Å²) in [4.78, 5) is 12.1. The molecule has 2 rings (SSSR count). The summed E-state index contributed by atoms with van der Waals surface area (Å²) in [5.41, 5.74) is 1.91. The second-order valence-electron chi connectivity index (χ2n) is 3.68. The summed E-state index contributed by atoms with van der Waals surface area (Å²) >= 11 is 0. The van der Waals surface area contributed by atoms with Gasteiger partial charge in [0, 0.05) is 11.1 Å². The third-order valence-corrected chi connectivity index (χ3v) is 2.53. The van der Waals surface area contributed by atoms with E-state index in [1.807, 2.05) is 0 Å². The van der Waals surface area contributed by atoms with Crippen molar-refractivity contribution in [3.63, 3.8) is 0 Å². The van der Waals surface area contributed by atoms with E-state index >= 15 is 0 Å². The van der Waals surface area contributed by atoms with Crippen LogP contribution in [0.15, 0.2) is 48.5 Å². The molecule has 0 aliphatic heterocycles. The molecule has 3 heteroatoms. The van der Waals surface area contributed by atoms with Crippen LogP contribution >= 0.6 is 0 Å². The van der Waals surface area contributed by atoms with Gasteiger partial charge in [0.1, 0.15) is 13.6 Å². The minimum atomic E-state index is -0.0207. The molecule has 0 unspecified atom stereocenters. The molecule has 17 heavy (non-hydrogen) atoms. The van der Waals surface area contributed by atoms with Crippen LogP contribution in [0.5, 0.6) is 5.75 Å². The first kappa shape index (κ1) is 11.5. The Bertz CT molecular complexity index is 515. The summed E-state index contributed by atoms with van der Waals surface area (Å²) in [6.07, 6.45) is 0. The second-order valence-corrected chi connectivity index (χ2v) is 3.68. The highest BCUT2D eigenvalue weighted by Gasteiger charge is 2.08. The Morgan fingerprint density at radius 3 is 1.88 bits per heavy atom. The first-order chi connectivity index (χ1) is 8.20. The van der Waals surface area contributed by atoms with Crippen LogP contribution in [-0.4, -0.2) is 20.7 Å². The Kier molecular flexibility index (Phi) is 3.28. The summed E-state index contributed by atoms with van der Waals surface area (Å²) in [5, 5.41) is 0.